The second-order valence-corrected chi connectivity index (χ2v) is 7.43. The van der Waals surface area contributed by atoms with Crippen molar-refractivity contribution < 1.29 is 18.8 Å². The van der Waals surface area contributed by atoms with Gasteiger partial charge in [-0.1, -0.05) is 37.3 Å². The van der Waals surface area contributed by atoms with E-state index in [0.29, 0.717) is 28.7 Å². The van der Waals surface area contributed by atoms with Gasteiger partial charge < -0.3 is 24.1 Å². The van der Waals surface area contributed by atoms with Crippen LogP contribution in [0.2, 0.25) is 0 Å². The van der Waals surface area contributed by atoms with Crippen LogP contribution in [-0.4, -0.2) is 25.3 Å². The summed E-state index contributed by atoms with van der Waals surface area (Å²) in [6.45, 7) is 2.73. The molecule has 0 aromatic heterocycles. The van der Waals surface area contributed by atoms with Crippen LogP contribution in [0.15, 0.2) is 69.7 Å². The van der Waals surface area contributed by atoms with E-state index in [4.69, 9.17) is 0 Å². The zero-order valence-electron chi connectivity index (χ0n) is 14.7. The SMILES string of the molecule is CCCNc1cccc2cc(S(O)(O)O)c(N=Nc3ccccc3)c(O)c12. The van der Waals surface area contributed by atoms with E-state index in [1.54, 1.807) is 36.4 Å². The molecule has 0 fully saturated rings. The van der Waals surface area contributed by atoms with E-state index in [0.717, 1.165) is 6.42 Å². The van der Waals surface area contributed by atoms with Crippen molar-refractivity contribution in [1.82, 2.24) is 0 Å². The summed E-state index contributed by atoms with van der Waals surface area (Å²) in [7, 11) is -4.12. The monoisotopic (exact) mass is 387 g/mol. The van der Waals surface area contributed by atoms with Gasteiger partial charge in [-0.05, 0) is 36.1 Å². The van der Waals surface area contributed by atoms with Crippen LogP contribution < -0.4 is 5.32 Å². The molecule has 0 spiro atoms. The Morgan fingerprint density at radius 2 is 1.70 bits per heavy atom. The second-order valence-electron chi connectivity index (χ2n) is 5.96. The Morgan fingerprint density at radius 1 is 0.963 bits per heavy atom. The summed E-state index contributed by atoms with van der Waals surface area (Å²) in [4.78, 5) is -0.278. The second kappa shape index (κ2) is 7.93. The zero-order chi connectivity index (χ0) is 19.4. The highest BCUT2D eigenvalue weighted by Crippen LogP contribution is 2.55. The summed E-state index contributed by atoms with van der Waals surface area (Å²) in [6.07, 6.45) is 0.896. The Labute approximate surface area is 158 Å². The van der Waals surface area contributed by atoms with Gasteiger partial charge >= 0.3 is 0 Å². The molecule has 142 valence electrons. The van der Waals surface area contributed by atoms with Gasteiger partial charge in [0.2, 0.25) is 0 Å². The van der Waals surface area contributed by atoms with Crippen LogP contribution in [0.4, 0.5) is 17.1 Å². The van der Waals surface area contributed by atoms with Gasteiger partial charge in [0.15, 0.2) is 5.75 Å². The number of phenolic OH excluding ortho intramolecular Hbond substituents is 1. The predicted octanol–water partition coefficient (Wildman–Crippen LogP) is 6.37. The summed E-state index contributed by atoms with van der Waals surface area (Å²) in [5.41, 5.74) is 1.03. The molecule has 0 saturated heterocycles. The van der Waals surface area contributed by atoms with Crippen LogP contribution in [0.3, 0.4) is 0 Å². The third kappa shape index (κ3) is 4.20. The number of nitrogens with zero attached hydrogens (tertiary/aromatic N) is 2. The minimum Gasteiger partial charge on any atom is -0.505 e. The number of benzene rings is 3. The molecule has 0 radical (unpaired) electrons. The summed E-state index contributed by atoms with van der Waals surface area (Å²) in [6, 6.07) is 15.5. The van der Waals surface area contributed by atoms with Gasteiger partial charge in [0.25, 0.3) is 0 Å². The van der Waals surface area contributed by atoms with Crippen molar-refractivity contribution in [3.05, 3.63) is 54.6 Å². The smallest absolute Gasteiger partial charge is 0.154 e. The number of hydrogen-bond donors (Lipinski definition) is 5. The fraction of sp³-hybridized carbons (Fsp3) is 0.158. The highest BCUT2D eigenvalue weighted by molar-refractivity contribution is 8.19. The number of hydrogen-bond acceptors (Lipinski definition) is 7. The van der Waals surface area contributed by atoms with Crippen molar-refractivity contribution in [3.8, 4) is 5.75 Å². The largest absolute Gasteiger partial charge is 0.505 e. The topological polar surface area (TPSA) is 118 Å². The van der Waals surface area contributed by atoms with Crippen LogP contribution in [0, 0.1) is 0 Å². The van der Waals surface area contributed by atoms with E-state index >= 15 is 0 Å². The number of phenols is 1. The average Bonchev–Trinajstić information content (AvgIpc) is 2.65. The molecule has 3 rings (SSSR count). The molecule has 0 amide bonds. The van der Waals surface area contributed by atoms with Gasteiger partial charge in [-0.25, -0.2) is 0 Å². The Bertz CT molecular complexity index is 972. The maximum atomic E-state index is 10.8. The number of nitrogens with one attached hydrogen (secondary N) is 1. The fourth-order valence-electron chi connectivity index (χ4n) is 2.71. The van der Waals surface area contributed by atoms with Gasteiger partial charge in [-0.15, -0.1) is 5.11 Å². The van der Waals surface area contributed by atoms with E-state index in [1.165, 1.54) is 6.07 Å². The normalized spacial score (nSPS) is 12.6. The first kappa shape index (κ1) is 19.1. The van der Waals surface area contributed by atoms with Gasteiger partial charge in [0, 0.05) is 17.6 Å². The average molecular weight is 387 g/mol. The molecule has 3 aromatic carbocycles. The number of azo groups is 1. The van der Waals surface area contributed by atoms with Gasteiger partial charge in [-0.3, -0.25) is 0 Å². The molecule has 27 heavy (non-hydrogen) atoms. The van der Waals surface area contributed by atoms with Gasteiger partial charge in [-0.2, -0.15) is 5.11 Å². The first-order valence-electron chi connectivity index (χ1n) is 8.42. The van der Waals surface area contributed by atoms with Crippen molar-refractivity contribution in [1.29, 1.82) is 0 Å². The lowest BCUT2D eigenvalue weighted by molar-refractivity contribution is 0.375. The van der Waals surface area contributed by atoms with Gasteiger partial charge in [0.1, 0.15) is 16.6 Å². The molecule has 0 atom stereocenters. The van der Waals surface area contributed by atoms with Crippen molar-refractivity contribution in [3.63, 3.8) is 0 Å². The lowest BCUT2D eigenvalue weighted by Crippen LogP contribution is -2.01. The number of fused-ring (bicyclic) bond motifs is 1. The Hall–Kier alpha value is -2.65. The van der Waals surface area contributed by atoms with Crippen LogP contribution in [0.1, 0.15) is 13.3 Å². The molecule has 5 N–H and O–H groups in total. The third-order valence-electron chi connectivity index (χ3n) is 3.96. The Morgan fingerprint density at radius 3 is 2.37 bits per heavy atom. The van der Waals surface area contributed by atoms with Crippen LogP contribution in [0.5, 0.6) is 5.75 Å². The van der Waals surface area contributed by atoms with Crippen LogP contribution in [0.25, 0.3) is 10.8 Å². The van der Waals surface area contributed by atoms with Crippen molar-refractivity contribution >= 4 is 38.7 Å². The molecule has 3 aromatic rings. The Balaban J connectivity index is 2.22. The molecule has 0 bridgehead atoms. The van der Waals surface area contributed by atoms with Crippen molar-refractivity contribution in [2.24, 2.45) is 10.2 Å². The number of anilines is 1. The first-order chi connectivity index (χ1) is 12.9. The summed E-state index contributed by atoms with van der Waals surface area (Å²) in [5, 5.41) is 23.1. The van der Waals surface area contributed by atoms with Crippen molar-refractivity contribution in [2.75, 3.05) is 11.9 Å². The minimum absolute atomic E-state index is 0.181. The Kier molecular flexibility index (Phi) is 5.62. The lowest BCUT2D eigenvalue weighted by Gasteiger charge is -2.22. The van der Waals surface area contributed by atoms with E-state index in [1.807, 2.05) is 19.1 Å². The summed E-state index contributed by atoms with van der Waals surface area (Å²) in [5.74, 6) is -0.282. The molecule has 0 unspecified atom stereocenters. The van der Waals surface area contributed by atoms with Crippen LogP contribution in [-0.2, 0) is 0 Å². The van der Waals surface area contributed by atoms with E-state index < -0.39 is 10.9 Å². The molecule has 8 heteroatoms. The minimum atomic E-state index is -4.12. The fourth-order valence-corrected chi connectivity index (χ4v) is 3.40. The summed E-state index contributed by atoms with van der Waals surface area (Å²) < 4.78 is 29.5. The molecular formula is C19H21N3O4S. The highest BCUT2D eigenvalue weighted by Gasteiger charge is 2.26. The predicted molar refractivity (Wildman–Crippen MR) is 109 cm³/mol. The lowest BCUT2D eigenvalue weighted by atomic mass is 10.1. The third-order valence-corrected chi connectivity index (χ3v) is 4.86. The highest BCUT2D eigenvalue weighted by atomic mass is 32.3. The van der Waals surface area contributed by atoms with E-state index in [2.05, 4.69) is 15.5 Å². The first-order valence-corrected chi connectivity index (χ1v) is 9.92. The van der Waals surface area contributed by atoms with E-state index in [-0.39, 0.29) is 16.3 Å². The zero-order valence-corrected chi connectivity index (χ0v) is 15.5. The maximum Gasteiger partial charge on any atom is 0.154 e. The molecule has 0 aliphatic heterocycles. The molecule has 0 saturated carbocycles. The molecule has 0 heterocycles. The molecule has 7 nitrogen and oxygen atoms in total. The molecule has 0 aliphatic carbocycles. The maximum absolute atomic E-state index is 10.8. The number of rotatable bonds is 6. The van der Waals surface area contributed by atoms with Gasteiger partial charge in [0.05, 0.1) is 10.6 Å². The van der Waals surface area contributed by atoms with E-state index in [9.17, 15) is 18.8 Å². The molecular weight excluding hydrogens is 366 g/mol. The van der Waals surface area contributed by atoms with Crippen molar-refractivity contribution in [2.45, 2.75) is 18.2 Å². The summed E-state index contributed by atoms with van der Waals surface area (Å²) >= 11 is 0. The standard InChI is InChI=1S/C19H21N3O4S/c1-2-11-20-15-10-6-7-13-12-16(27(24,25)26)18(19(23)17(13)15)22-21-14-8-4-3-5-9-14/h3-10,12,20,23-26H,2,11H2,1H3. The molecule has 0 aliphatic rings. The number of aromatic hydroxyl groups is 1. The van der Waals surface area contributed by atoms with Crippen LogP contribution >= 0.6 is 10.9 Å². The quantitative estimate of drug-likeness (QED) is 0.315.